The van der Waals surface area contributed by atoms with Crippen molar-refractivity contribution in [2.24, 2.45) is 10.7 Å². The fourth-order valence-corrected chi connectivity index (χ4v) is 2.89. The lowest BCUT2D eigenvalue weighted by Gasteiger charge is -2.31. The maximum absolute atomic E-state index is 11.7. The van der Waals surface area contributed by atoms with Gasteiger partial charge in [0.05, 0.1) is 20.3 Å². The smallest absolute Gasteiger partial charge is 0.409 e. The summed E-state index contributed by atoms with van der Waals surface area (Å²) in [4.78, 5) is 17.8. The van der Waals surface area contributed by atoms with Gasteiger partial charge in [-0.15, -0.1) is 0 Å². The van der Waals surface area contributed by atoms with E-state index in [1.807, 2.05) is 32.0 Å². The van der Waals surface area contributed by atoms with Crippen LogP contribution in [0.15, 0.2) is 23.2 Å². The Labute approximate surface area is 149 Å². The molecule has 0 bridgehead atoms. The average Bonchev–Trinajstić information content (AvgIpc) is 2.61. The van der Waals surface area contributed by atoms with Gasteiger partial charge in [0, 0.05) is 19.1 Å². The number of benzene rings is 1. The predicted molar refractivity (Wildman–Crippen MR) is 97.8 cm³/mol. The molecule has 1 aliphatic rings. The third-order valence-corrected chi connectivity index (χ3v) is 4.26. The van der Waals surface area contributed by atoms with Gasteiger partial charge in [-0.3, -0.25) is 0 Å². The van der Waals surface area contributed by atoms with E-state index in [9.17, 15) is 4.79 Å². The summed E-state index contributed by atoms with van der Waals surface area (Å²) in [7, 11) is 1.66. The zero-order chi connectivity index (χ0) is 18.2. The van der Waals surface area contributed by atoms with E-state index in [2.05, 4.69) is 10.3 Å². The van der Waals surface area contributed by atoms with E-state index in [0.717, 1.165) is 29.7 Å². The fraction of sp³-hybridized carbons (Fsp3) is 0.556. The molecular formula is C18H28N4O3. The van der Waals surface area contributed by atoms with E-state index in [1.54, 1.807) is 12.0 Å². The van der Waals surface area contributed by atoms with Gasteiger partial charge in [-0.1, -0.05) is 12.1 Å². The van der Waals surface area contributed by atoms with E-state index in [0.29, 0.717) is 32.2 Å². The number of nitrogens with two attached hydrogens (primary N) is 1. The number of nitrogens with one attached hydrogen (secondary N) is 1. The summed E-state index contributed by atoms with van der Waals surface area (Å²) in [5.41, 5.74) is 8.16. The van der Waals surface area contributed by atoms with Crippen LogP contribution >= 0.6 is 0 Å². The van der Waals surface area contributed by atoms with E-state index in [-0.39, 0.29) is 12.1 Å². The second-order valence-electron chi connectivity index (χ2n) is 6.11. The van der Waals surface area contributed by atoms with Gasteiger partial charge in [0.15, 0.2) is 5.96 Å². The predicted octanol–water partition coefficient (Wildman–Crippen LogP) is 2.03. The average molecular weight is 348 g/mol. The number of carbonyl (C=O) groups is 1. The molecule has 1 aromatic rings. The minimum absolute atomic E-state index is 0.229. The number of ether oxygens (including phenoxy) is 2. The molecule has 1 fully saturated rings. The fourth-order valence-electron chi connectivity index (χ4n) is 2.89. The Hall–Kier alpha value is -2.44. The summed E-state index contributed by atoms with van der Waals surface area (Å²) in [5.74, 6) is 1.30. The Bertz CT molecular complexity index is 610. The third-order valence-electron chi connectivity index (χ3n) is 4.26. The summed E-state index contributed by atoms with van der Waals surface area (Å²) in [6, 6.07) is 6.20. The summed E-state index contributed by atoms with van der Waals surface area (Å²) in [6.07, 6.45) is 1.42. The Kier molecular flexibility index (Phi) is 6.91. The molecule has 0 aliphatic carbocycles. The topological polar surface area (TPSA) is 89.2 Å². The maximum Gasteiger partial charge on any atom is 0.409 e. The lowest BCUT2D eigenvalue weighted by Crippen LogP contribution is -2.48. The highest BCUT2D eigenvalue weighted by Crippen LogP contribution is 2.18. The van der Waals surface area contributed by atoms with E-state index in [1.165, 1.54) is 0 Å². The van der Waals surface area contributed by atoms with Gasteiger partial charge in [-0.25, -0.2) is 9.79 Å². The molecule has 2 rings (SSSR count). The summed E-state index contributed by atoms with van der Waals surface area (Å²) in [5, 5.41) is 3.24. The molecule has 1 saturated heterocycles. The van der Waals surface area contributed by atoms with Gasteiger partial charge in [-0.2, -0.15) is 0 Å². The molecule has 1 amide bonds. The van der Waals surface area contributed by atoms with Crippen molar-refractivity contribution in [2.45, 2.75) is 39.3 Å². The Morgan fingerprint density at radius 2 is 2.12 bits per heavy atom. The number of hydrogen-bond donors (Lipinski definition) is 2. The number of carbonyl (C=O) groups excluding carboxylic acids is 1. The first-order chi connectivity index (χ1) is 12.0. The SMILES string of the molecule is CCOC(=O)N1CCC(NC(N)=NCc2ccc(OC)c(C)c2)CC1. The normalized spacial score (nSPS) is 15.8. The molecule has 7 heteroatoms. The highest BCUT2D eigenvalue weighted by atomic mass is 16.6. The first-order valence-corrected chi connectivity index (χ1v) is 8.65. The van der Waals surface area contributed by atoms with Crippen molar-refractivity contribution >= 4 is 12.1 Å². The molecule has 0 radical (unpaired) electrons. The number of rotatable bonds is 5. The number of methoxy groups -OCH3 is 1. The zero-order valence-corrected chi connectivity index (χ0v) is 15.2. The molecule has 0 spiro atoms. The van der Waals surface area contributed by atoms with Crippen LogP contribution in [-0.4, -0.2) is 49.8 Å². The van der Waals surface area contributed by atoms with Crippen molar-refractivity contribution in [2.75, 3.05) is 26.8 Å². The van der Waals surface area contributed by atoms with Crippen molar-refractivity contribution in [3.8, 4) is 5.75 Å². The van der Waals surface area contributed by atoms with Crippen LogP contribution in [0.1, 0.15) is 30.9 Å². The number of likely N-dealkylation sites (tertiary alicyclic amines) is 1. The van der Waals surface area contributed by atoms with Gasteiger partial charge < -0.3 is 25.4 Å². The second-order valence-corrected chi connectivity index (χ2v) is 6.11. The first-order valence-electron chi connectivity index (χ1n) is 8.65. The summed E-state index contributed by atoms with van der Waals surface area (Å²) >= 11 is 0. The molecule has 25 heavy (non-hydrogen) atoms. The Morgan fingerprint density at radius 3 is 2.72 bits per heavy atom. The van der Waals surface area contributed by atoms with Crippen molar-refractivity contribution in [3.63, 3.8) is 0 Å². The summed E-state index contributed by atoms with van der Waals surface area (Å²) < 4.78 is 10.3. The first kappa shape index (κ1) is 18.9. The number of guanidine groups is 1. The monoisotopic (exact) mass is 348 g/mol. The number of hydrogen-bond acceptors (Lipinski definition) is 4. The molecule has 1 aromatic carbocycles. The molecule has 7 nitrogen and oxygen atoms in total. The highest BCUT2D eigenvalue weighted by molar-refractivity contribution is 5.78. The Morgan fingerprint density at radius 1 is 1.40 bits per heavy atom. The van der Waals surface area contributed by atoms with Gasteiger partial charge in [0.25, 0.3) is 0 Å². The van der Waals surface area contributed by atoms with Crippen molar-refractivity contribution in [3.05, 3.63) is 29.3 Å². The van der Waals surface area contributed by atoms with Crippen LogP contribution < -0.4 is 15.8 Å². The van der Waals surface area contributed by atoms with Crippen LogP contribution in [0, 0.1) is 6.92 Å². The van der Waals surface area contributed by atoms with E-state index in [4.69, 9.17) is 15.2 Å². The number of piperidine rings is 1. The van der Waals surface area contributed by atoms with Gasteiger partial charge in [0.1, 0.15) is 5.75 Å². The van der Waals surface area contributed by atoms with E-state index >= 15 is 0 Å². The number of amides is 1. The van der Waals surface area contributed by atoms with Crippen molar-refractivity contribution in [1.29, 1.82) is 0 Å². The van der Waals surface area contributed by atoms with E-state index < -0.39 is 0 Å². The van der Waals surface area contributed by atoms with Crippen LogP contribution in [0.2, 0.25) is 0 Å². The maximum atomic E-state index is 11.7. The molecule has 1 aliphatic heterocycles. The minimum Gasteiger partial charge on any atom is -0.496 e. The molecule has 0 saturated carbocycles. The quantitative estimate of drug-likeness (QED) is 0.628. The summed E-state index contributed by atoms with van der Waals surface area (Å²) in [6.45, 7) is 6.08. The molecule has 138 valence electrons. The molecule has 3 N–H and O–H groups in total. The molecule has 0 atom stereocenters. The van der Waals surface area contributed by atoms with Crippen LogP contribution in [-0.2, 0) is 11.3 Å². The lowest BCUT2D eigenvalue weighted by molar-refractivity contribution is 0.0963. The molecule has 0 unspecified atom stereocenters. The minimum atomic E-state index is -0.238. The van der Waals surface area contributed by atoms with Crippen LogP contribution in [0.3, 0.4) is 0 Å². The number of aliphatic imine (C=N–C) groups is 1. The lowest BCUT2D eigenvalue weighted by atomic mass is 10.1. The number of nitrogens with zero attached hydrogens (tertiary/aromatic N) is 2. The standard InChI is InChI=1S/C18H28N4O3/c1-4-25-18(23)22-9-7-15(8-10-22)21-17(19)20-12-14-5-6-16(24-3)13(2)11-14/h5-6,11,15H,4,7-10,12H2,1-3H3,(H3,19,20,21). The molecule has 1 heterocycles. The third kappa shape index (κ3) is 5.55. The second kappa shape index (κ2) is 9.15. The van der Waals surface area contributed by atoms with Crippen LogP contribution in [0.5, 0.6) is 5.75 Å². The largest absolute Gasteiger partial charge is 0.496 e. The van der Waals surface area contributed by atoms with Gasteiger partial charge in [-0.05, 0) is 43.9 Å². The van der Waals surface area contributed by atoms with Crippen molar-refractivity contribution in [1.82, 2.24) is 10.2 Å². The molecule has 0 aromatic heterocycles. The van der Waals surface area contributed by atoms with Crippen molar-refractivity contribution < 1.29 is 14.3 Å². The Balaban J connectivity index is 1.80. The van der Waals surface area contributed by atoms with Crippen LogP contribution in [0.25, 0.3) is 0 Å². The highest BCUT2D eigenvalue weighted by Gasteiger charge is 2.23. The van der Waals surface area contributed by atoms with Gasteiger partial charge in [0.2, 0.25) is 0 Å². The number of aryl methyl sites for hydroxylation is 1. The zero-order valence-electron chi connectivity index (χ0n) is 15.2. The van der Waals surface area contributed by atoms with Crippen LogP contribution in [0.4, 0.5) is 4.79 Å². The van der Waals surface area contributed by atoms with Gasteiger partial charge >= 0.3 is 6.09 Å². The molecular weight excluding hydrogens is 320 g/mol.